The minimum Gasteiger partial charge on any atom is -0.463 e. The Balaban J connectivity index is 2.18. The number of halogens is 1. The predicted octanol–water partition coefficient (Wildman–Crippen LogP) is 3.90. The van der Waals surface area contributed by atoms with Crippen molar-refractivity contribution < 1.29 is 22.3 Å². The Labute approximate surface area is 156 Å². The maximum absolute atomic E-state index is 14.4. The monoisotopic (exact) mass is 387 g/mol. The van der Waals surface area contributed by atoms with E-state index in [1.54, 1.807) is 19.1 Å². The van der Waals surface area contributed by atoms with E-state index in [1.165, 1.54) is 42.6 Å². The number of fused-ring (bicyclic) bond motifs is 1. The lowest BCUT2D eigenvalue weighted by molar-refractivity contribution is -0.137. The number of aromatic nitrogens is 1. The van der Waals surface area contributed by atoms with Crippen molar-refractivity contribution in [3.05, 3.63) is 71.7 Å². The van der Waals surface area contributed by atoms with E-state index in [2.05, 4.69) is 0 Å². The van der Waals surface area contributed by atoms with Gasteiger partial charge in [0.05, 0.1) is 17.0 Å². The van der Waals surface area contributed by atoms with Crippen LogP contribution in [0, 0.1) is 12.7 Å². The van der Waals surface area contributed by atoms with E-state index in [1.807, 2.05) is 6.92 Å². The highest BCUT2D eigenvalue weighted by molar-refractivity contribution is 7.90. The first kappa shape index (κ1) is 18.8. The molecule has 7 heteroatoms. The maximum Gasteiger partial charge on any atom is 0.330 e. The molecule has 1 heterocycles. The quantitative estimate of drug-likeness (QED) is 0.492. The predicted molar refractivity (Wildman–Crippen MR) is 101 cm³/mol. The molecular formula is C20H18FNO4S. The molecule has 0 amide bonds. The standard InChI is InChI=1S/C20H18FNO4S/c1-3-26-19(23)12-9-15-13-22(18-6-4-5-17(21)20(15)18)27(24,25)16-10-7-14(2)8-11-16/h4-13H,3H2,1-2H3. The average Bonchev–Trinajstić information content (AvgIpc) is 3.01. The Morgan fingerprint density at radius 2 is 1.89 bits per heavy atom. The Bertz CT molecular complexity index is 1130. The number of carbonyl (C=O) groups is 1. The Morgan fingerprint density at radius 1 is 1.19 bits per heavy atom. The number of rotatable bonds is 5. The van der Waals surface area contributed by atoms with Gasteiger partial charge in [-0.2, -0.15) is 0 Å². The Morgan fingerprint density at radius 3 is 2.56 bits per heavy atom. The van der Waals surface area contributed by atoms with Crippen LogP contribution < -0.4 is 0 Å². The van der Waals surface area contributed by atoms with Crippen LogP contribution in [-0.4, -0.2) is 25.0 Å². The first-order valence-electron chi connectivity index (χ1n) is 8.31. The van der Waals surface area contributed by atoms with Crippen molar-refractivity contribution in [3.63, 3.8) is 0 Å². The molecule has 0 aliphatic rings. The molecule has 0 bridgehead atoms. The summed E-state index contributed by atoms with van der Waals surface area (Å²) in [7, 11) is -3.93. The van der Waals surface area contributed by atoms with Gasteiger partial charge in [-0.25, -0.2) is 21.6 Å². The summed E-state index contributed by atoms with van der Waals surface area (Å²) in [6, 6.07) is 10.6. The maximum atomic E-state index is 14.4. The number of hydrogen-bond acceptors (Lipinski definition) is 4. The number of hydrogen-bond donors (Lipinski definition) is 0. The minimum absolute atomic E-state index is 0.0928. The summed E-state index contributed by atoms with van der Waals surface area (Å²) in [5.74, 6) is -1.16. The first-order valence-corrected chi connectivity index (χ1v) is 9.75. The van der Waals surface area contributed by atoms with Crippen LogP contribution in [0.15, 0.2) is 59.6 Å². The molecule has 0 aliphatic carbocycles. The van der Waals surface area contributed by atoms with Crippen LogP contribution >= 0.6 is 0 Å². The molecule has 0 saturated carbocycles. The second-order valence-electron chi connectivity index (χ2n) is 5.92. The smallest absolute Gasteiger partial charge is 0.330 e. The number of esters is 1. The second kappa shape index (κ2) is 7.36. The zero-order chi connectivity index (χ0) is 19.6. The third-order valence-electron chi connectivity index (χ3n) is 4.04. The molecule has 0 N–H and O–H groups in total. The van der Waals surface area contributed by atoms with Gasteiger partial charge in [-0.15, -0.1) is 0 Å². The summed E-state index contributed by atoms with van der Waals surface area (Å²) in [5.41, 5.74) is 1.39. The lowest BCUT2D eigenvalue weighted by Crippen LogP contribution is -2.11. The molecule has 0 aliphatic heterocycles. The van der Waals surface area contributed by atoms with Crippen molar-refractivity contribution in [1.82, 2.24) is 3.97 Å². The molecule has 27 heavy (non-hydrogen) atoms. The molecule has 3 aromatic rings. The molecule has 1 aromatic heterocycles. The number of aryl methyl sites for hydroxylation is 1. The molecule has 0 saturated heterocycles. The van der Waals surface area contributed by atoms with Gasteiger partial charge in [-0.3, -0.25) is 0 Å². The Hall–Kier alpha value is -2.93. The summed E-state index contributed by atoms with van der Waals surface area (Å²) < 4.78 is 46.4. The SMILES string of the molecule is CCOC(=O)C=Cc1cn(S(=O)(=O)c2ccc(C)cc2)c2cccc(F)c12. The van der Waals surface area contributed by atoms with Gasteiger partial charge < -0.3 is 4.74 Å². The van der Waals surface area contributed by atoms with Crippen molar-refractivity contribution in [2.75, 3.05) is 6.61 Å². The van der Waals surface area contributed by atoms with Gasteiger partial charge >= 0.3 is 5.97 Å². The summed E-state index contributed by atoms with van der Waals surface area (Å²) >= 11 is 0. The normalized spacial score (nSPS) is 12.0. The molecule has 0 spiro atoms. The number of benzene rings is 2. The van der Waals surface area contributed by atoms with Crippen LogP contribution in [0.3, 0.4) is 0 Å². The second-order valence-corrected chi connectivity index (χ2v) is 7.73. The van der Waals surface area contributed by atoms with Crippen LogP contribution in [0.2, 0.25) is 0 Å². The van der Waals surface area contributed by atoms with Gasteiger partial charge in [-0.05, 0) is 44.2 Å². The molecule has 0 unspecified atom stereocenters. The van der Waals surface area contributed by atoms with Gasteiger partial charge in [-0.1, -0.05) is 23.8 Å². The first-order chi connectivity index (χ1) is 12.8. The van der Waals surface area contributed by atoms with Crippen LogP contribution in [-0.2, 0) is 19.6 Å². The van der Waals surface area contributed by atoms with Gasteiger partial charge in [0.1, 0.15) is 5.82 Å². The van der Waals surface area contributed by atoms with Crippen LogP contribution in [0.5, 0.6) is 0 Å². The topological polar surface area (TPSA) is 65.4 Å². The summed E-state index contributed by atoms with van der Waals surface area (Å²) in [4.78, 5) is 11.7. The molecule has 0 fully saturated rings. The molecule has 140 valence electrons. The fraction of sp³-hybridized carbons (Fsp3) is 0.150. The van der Waals surface area contributed by atoms with Crippen molar-refractivity contribution in [2.45, 2.75) is 18.7 Å². The van der Waals surface area contributed by atoms with Crippen LogP contribution in [0.4, 0.5) is 4.39 Å². The van der Waals surface area contributed by atoms with E-state index >= 15 is 0 Å². The summed E-state index contributed by atoms with van der Waals surface area (Å²) in [6.07, 6.45) is 3.80. The number of nitrogens with zero attached hydrogens (tertiary/aromatic N) is 1. The van der Waals surface area contributed by atoms with E-state index in [-0.39, 0.29) is 28.0 Å². The van der Waals surface area contributed by atoms with E-state index in [9.17, 15) is 17.6 Å². The van der Waals surface area contributed by atoms with Crippen molar-refractivity contribution in [3.8, 4) is 0 Å². The van der Waals surface area contributed by atoms with E-state index in [0.29, 0.717) is 0 Å². The highest BCUT2D eigenvalue weighted by atomic mass is 32.2. The largest absolute Gasteiger partial charge is 0.463 e. The molecule has 2 aromatic carbocycles. The third-order valence-corrected chi connectivity index (χ3v) is 5.73. The van der Waals surface area contributed by atoms with Gasteiger partial charge in [0.25, 0.3) is 10.0 Å². The lowest BCUT2D eigenvalue weighted by Gasteiger charge is -2.07. The number of ether oxygens (including phenoxy) is 1. The summed E-state index contributed by atoms with van der Waals surface area (Å²) in [5, 5.41) is 0.119. The van der Waals surface area contributed by atoms with Crippen molar-refractivity contribution >= 4 is 33.0 Å². The minimum atomic E-state index is -3.93. The lowest BCUT2D eigenvalue weighted by atomic mass is 10.1. The Kier molecular flexibility index (Phi) is 5.14. The molecule has 0 radical (unpaired) electrons. The molecular weight excluding hydrogens is 369 g/mol. The van der Waals surface area contributed by atoms with Crippen molar-refractivity contribution in [1.29, 1.82) is 0 Å². The average molecular weight is 387 g/mol. The van der Waals surface area contributed by atoms with Gasteiger partial charge in [0.2, 0.25) is 0 Å². The fourth-order valence-electron chi connectivity index (χ4n) is 2.74. The zero-order valence-corrected chi connectivity index (χ0v) is 15.7. The highest BCUT2D eigenvalue weighted by Gasteiger charge is 2.22. The zero-order valence-electron chi connectivity index (χ0n) is 14.8. The molecule has 0 atom stereocenters. The number of carbonyl (C=O) groups excluding carboxylic acids is 1. The van der Waals surface area contributed by atoms with Crippen LogP contribution in [0.1, 0.15) is 18.1 Å². The summed E-state index contributed by atoms with van der Waals surface area (Å²) in [6.45, 7) is 3.74. The van der Waals surface area contributed by atoms with Crippen molar-refractivity contribution in [2.24, 2.45) is 0 Å². The van der Waals surface area contributed by atoms with E-state index in [4.69, 9.17) is 4.74 Å². The molecule has 5 nitrogen and oxygen atoms in total. The molecule has 3 rings (SSSR count). The van der Waals surface area contributed by atoms with E-state index < -0.39 is 21.8 Å². The fourth-order valence-corrected chi connectivity index (χ4v) is 4.11. The van der Waals surface area contributed by atoms with Gasteiger partial charge in [0, 0.05) is 23.2 Å². The van der Waals surface area contributed by atoms with E-state index in [0.717, 1.165) is 15.6 Å². The third kappa shape index (κ3) is 3.64. The van der Waals surface area contributed by atoms with Crippen LogP contribution in [0.25, 0.3) is 17.0 Å². The highest BCUT2D eigenvalue weighted by Crippen LogP contribution is 2.29. The van der Waals surface area contributed by atoms with Gasteiger partial charge in [0.15, 0.2) is 0 Å².